The summed E-state index contributed by atoms with van der Waals surface area (Å²) in [6.45, 7) is 3.55. The molecule has 1 saturated carbocycles. The smallest absolute Gasteiger partial charge is 0.0779 e. The normalized spacial score (nSPS) is 26.2. The molecule has 2 heterocycles. The molecule has 2 N–H and O–H groups in total. The Morgan fingerprint density at radius 3 is 2.89 bits per heavy atom. The first kappa shape index (κ1) is 12.2. The van der Waals surface area contributed by atoms with Crippen LogP contribution in [0.5, 0.6) is 0 Å². The predicted octanol–water partition coefficient (Wildman–Crippen LogP) is 2.14. The van der Waals surface area contributed by atoms with E-state index >= 15 is 0 Å². The van der Waals surface area contributed by atoms with Gasteiger partial charge in [-0.25, -0.2) is 0 Å². The molecule has 1 unspecified atom stereocenters. The molecule has 1 atom stereocenters. The summed E-state index contributed by atoms with van der Waals surface area (Å²) in [6.07, 6.45) is 9.84. The summed E-state index contributed by atoms with van der Waals surface area (Å²) in [5.41, 5.74) is 8.24. The Balaban J connectivity index is 1.65. The van der Waals surface area contributed by atoms with Gasteiger partial charge in [0.1, 0.15) is 0 Å². The van der Waals surface area contributed by atoms with E-state index in [4.69, 9.17) is 10.5 Å². The molecule has 1 aromatic rings. The third-order valence-electron chi connectivity index (χ3n) is 4.65. The van der Waals surface area contributed by atoms with E-state index in [1.54, 1.807) is 0 Å². The van der Waals surface area contributed by atoms with Crippen LogP contribution in [-0.4, -0.2) is 21.5 Å². The van der Waals surface area contributed by atoms with Gasteiger partial charge >= 0.3 is 0 Å². The predicted molar refractivity (Wildman–Crippen MR) is 70.2 cm³/mol. The first-order chi connectivity index (χ1) is 8.72. The van der Waals surface area contributed by atoms with E-state index in [-0.39, 0.29) is 5.60 Å². The molecular weight excluding hydrogens is 226 g/mol. The summed E-state index contributed by atoms with van der Waals surface area (Å²) in [5.74, 6) is 0. The van der Waals surface area contributed by atoms with Crippen molar-refractivity contribution in [2.45, 2.75) is 70.2 Å². The van der Waals surface area contributed by atoms with E-state index in [1.807, 2.05) is 6.20 Å². The van der Waals surface area contributed by atoms with Crippen molar-refractivity contribution in [1.82, 2.24) is 9.78 Å². The number of aromatic nitrogens is 2. The van der Waals surface area contributed by atoms with Crippen LogP contribution in [0.2, 0.25) is 0 Å². The van der Waals surface area contributed by atoms with E-state index in [1.165, 1.54) is 44.2 Å². The summed E-state index contributed by atoms with van der Waals surface area (Å²) in [6, 6.07) is 0. The molecule has 0 aromatic carbocycles. The van der Waals surface area contributed by atoms with Crippen LogP contribution in [0.15, 0.2) is 6.20 Å². The van der Waals surface area contributed by atoms with E-state index in [2.05, 4.69) is 16.7 Å². The Morgan fingerprint density at radius 2 is 2.22 bits per heavy atom. The first-order valence-electron chi connectivity index (χ1n) is 7.12. The minimum absolute atomic E-state index is 0.225. The van der Waals surface area contributed by atoms with Crippen LogP contribution >= 0.6 is 0 Å². The topological polar surface area (TPSA) is 53.1 Å². The summed E-state index contributed by atoms with van der Waals surface area (Å²) in [4.78, 5) is 0. The van der Waals surface area contributed by atoms with Crippen molar-refractivity contribution < 1.29 is 4.74 Å². The zero-order valence-corrected chi connectivity index (χ0v) is 11.2. The fourth-order valence-corrected chi connectivity index (χ4v) is 3.47. The average Bonchev–Trinajstić information content (AvgIpc) is 3.06. The summed E-state index contributed by atoms with van der Waals surface area (Å²) in [5, 5.41) is 4.42. The summed E-state index contributed by atoms with van der Waals surface area (Å²) >= 11 is 0. The molecule has 18 heavy (non-hydrogen) atoms. The molecule has 3 rings (SSSR count). The van der Waals surface area contributed by atoms with Gasteiger partial charge in [0.15, 0.2) is 0 Å². The third kappa shape index (κ3) is 2.08. The van der Waals surface area contributed by atoms with Crippen molar-refractivity contribution in [1.29, 1.82) is 0 Å². The van der Waals surface area contributed by atoms with E-state index in [9.17, 15) is 0 Å². The Labute approximate surface area is 108 Å². The van der Waals surface area contributed by atoms with Crippen molar-refractivity contribution in [3.63, 3.8) is 0 Å². The highest BCUT2D eigenvalue weighted by atomic mass is 16.5. The van der Waals surface area contributed by atoms with Crippen LogP contribution in [-0.2, 0) is 17.8 Å². The average molecular weight is 249 g/mol. The molecule has 2 fully saturated rings. The van der Waals surface area contributed by atoms with Crippen LogP contribution < -0.4 is 5.73 Å². The van der Waals surface area contributed by atoms with Crippen molar-refractivity contribution in [2.75, 3.05) is 0 Å². The molecule has 0 radical (unpaired) electrons. The monoisotopic (exact) mass is 249 g/mol. The van der Waals surface area contributed by atoms with Crippen molar-refractivity contribution >= 4 is 0 Å². The van der Waals surface area contributed by atoms with E-state index in [0.29, 0.717) is 12.6 Å². The number of rotatable bonds is 3. The van der Waals surface area contributed by atoms with E-state index in [0.717, 1.165) is 12.1 Å². The first-order valence-corrected chi connectivity index (χ1v) is 7.12. The minimum atomic E-state index is 0.225. The Kier molecular flexibility index (Phi) is 3.16. The zero-order valence-electron chi connectivity index (χ0n) is 11.2. The maximum Gasteiger partial charge on any atom is 0.0779 e. The van der Waals surface area contributed by atoms with Gasteiger partial charge < -0.3 is 10.5 Å². The Morgan fingerprint density at radius 1 is 1.44 bits per heavy atom. The molecule has 4 nitrogen and oxygen atoms in total. The number of nitrogens with two attached hydrogens (primary N) is 1. The molecule has 4 heteroatoms. The van der Waals surface area contributed by atoms with Crippen LogP contribution in [0.1, 0.15) is 49.8 Å². The number of nitrogens with zero attached hydrogens (tertiary/aromatic N) is 2. The standard InChI is InChI=1S/C14H23N3O/c1-11-12(8-15)9-16-17(11)10-13-4-7-14(18-13)5-2-3-6-14/h9,13H,2-8,10,15H2,1H3. The number of hydrogen-bond acceptors (Lipinski definition) is 3. The van der Waals surface area contributed by atoms with Crippen LogP contribution in [0, 0.1) is 6.92 Å². The molecule has 100 valence electrons. The van der Waals surface area contributed by atoms with Crippen LogP contribution in [0.3, 0.4) is 0 Å². The molecule has 0 bridgehead atoms. The molecular formula is C14H23N3O. The van der Waals surface area contributed by atoms with Gasteiger partial charge in [-0.05, 0) is 32.6 Å². The fraction of sp³-hybridized carbons (Fsp3) is 0.786. The third-order valence-corrected chi connectivity index (χ3v) is 4.65. The second-order valence-corrected chi connectivity index (χ2v) is 5.81. The van der Waals surface area contributed by atoms with E-state index < -0.39 is 0 Å². The Bertz CT molecular complexity index is 421. The SMILES string of the molecule is Cc1c(CN)cnn1CC1CCC2(CCCC2)O1. The largest absolute Gasteiger partial charge is 0.370 e. The Hall–Kier alpha value is -0.870. The quantitative estimate of drug-likeness (QED) is 0.893. The second kappa shape index (κ2) is 4.67. The highest BCUT2D eigenvalue weighted by Gasteiger charge is 2.42. The minimum Gasteiger partial charge on any atom is -0.370 e. The van der Waals surface area contributed by atoms with Crippen molar-refractivity contribution in [2.24, 2.45) is 5.73 Å². The van der Waals surface area contributed by atoms with Gasteiger partial charge in [-0.15, -0.1) is 0 Å². The lowest BCUT2D eigenvalue weighted by atomic mass is 9.98. The molecule has 1 aromatic heterocycles. The maximum absolute atomic E-state index is 6.32. The number of ether oxygens (including phenoxy) is 1. The fourth-order valence-electron chi connectivity index (χ4n) is 3.47. The highest BCUT2D eigenvalue weighted by molar-refractivity contribution is 5.15. The van der Waals surface area contributed by atoms with Gasteiger partial charge in [0, 0.05) is 17.8 Å². The molecule has 1 saturated heterocycles. The molecule has 1 spiro atoms. The lowest BCUT2D eigenvalue weighted by Crippen LogP contribution is -2.27. The summed E-state index contributed by atoms with van der Waals surface area (Å²) in [7, 11) is 0. The lowest BCUT2D eigenvalue weighted by molar-refractivity contribution is -0.0431. The van der Waals surface area contributed by atoms with Gasteiger partial charge in [-0.2, -0.15) is 5.10 Å². The van der Waals surface area contributed by atoms with Crippen molar-refractivity contribution in [3.05, 3.63) is 17.5 Å². The van der Waals surface area contributed by atoms with Gasteiger partial charge in [-0.1, -0.05) is 12.8 Å². The van der Waals surface area contributed by atoms with Crippen LogP contribution in [0.25, 0.3) is 0 Å². The van der Waals surface area contributed by atoms with Crippen LogP contribution in [0.4, 0.5) is 0 Å². The molecule has 0 amide bonds. The van der Waals surface area contributed by atoms with Gasteiger partial charge in [-0.3, -0.25) is 4.68 Å². The molecule has 2 aliphatic rings. The summed E-state index contributed by atoms with van der Waals surface area (Å²) < 4.78 is 8.38. The van der Waals surface area contributed by atoms with Gasteiger partial charge in [0.05, 0.1) is 24.4 Å². The molecule has 1 aliphatic heterocycles. The van der Waals surface area contributed by atoms with Crippen molar-refractivity contribution in [3.8, 4) is 0 Å². The maximum atomic E-state index is 6.32. The highest BCUT2D eigenvalue weighted by Crippen LogP contribution is 2.43. The number of hydrogen-bond donors (Lipinski definition) is 1. The van der Waals surface area contributed by atoms with Gasteiger partial charge in [0.2, 0.25) is 0 Å². The van der Waals surface area contributed by atoms with Gasteiger partial charge in [0.25, 0.3) is 0 Å². The zero-order chi connectivity index (χ0) is 12.6. The lowest BCUT2D eigenvalue weighted by Gasteiger charge is -2.24. The molecule has 1 aliphatic carbocycles. The second-order valence-electron chi connectivity index (χ2n) is 5.81.